The number of sulfone groups is 2. The van der Waals surface area contributed by atoms with Gasteiger partial charge >= 0.3 is 0 Å². The summed E-state index contributed by atoms with van der Waals surface area (Å²) in [6.45, 7) is 0. The zero-order valence-corrected chi connectivity index (χ0v) is 19.6. The number of hydrogen-bond acceptors (Lipinski definition) is 6. The lowest BCUT2D eigenvalue weighted by Crippen LogP contribution is -2.18. The molecule has 0 aliphatic rings. The van der Waals surface area contributed by atoms with Crippen molar-refractivity contribution in [2.75, 3.05) is 11.5 Å². The number of carbonyl (C=O) groups is 2. The van der Waals surface area contributed by atoms with Crippen LogP contribution in [0.4, 0.5) is 0 Å². The van der Waals surface area contributed by atoms with Crippen molar-refractivity contribution in [2.45, 2.75) is 9.79 Å². The molecule has 0 bridgehead atoms. The Hall–Kier alpha value is -3.62. The molecule has 0 saturated carbocycles. The lowest BCUT2D eigenvalue weighted by Gasteiger charge is -2.12. The minimum Gasteiger partial charge on any atom is -0.293 e. The Bertz CT molecular complexity index is 1470. The van der Waals surface area contributed by atoms with Crippen LogP contribution >= 0.6 is 0 Å². The average molecular weight is 493 g/mol. The fraction of sp³-hybridized carbons (Fsp3) is 0.0769. The summed E-state index contributed by atoms with van der Waals surface area (Å²) in [6, 6.07) is 24.7. The van der Waals surface area contributed by atoms with Crippen molar-refractivity contribution in [1.82, 2.24) is 0 Å². The summed E-state index contributed by atoms with van der Waals surface area (Å²) in [5.41, 5.74) is 0.544. The Morgan fingerprint density at radius 3 is 1.18 bits per heavy atom. The number of rotatable bonds is 8. The number of Topliss-reactive ketones (excluding diaryl/α,β-unsaturated/α-hetero) is 2. The highest BCUT2D eigenvalue weighted by atomic mass is 32.2. The van der Waals surface area contributed by atoms with Crippen molar-refractivity contribution in [3.05, 3.63) is 108 Å². The molecule has 4 aromatic carbocycles. The maximum atomic E-state index is 13.1. The first kappa shape index (κ1) is 23.5. The lowest BCUT2D eigenvalue weighted by molar-refractivity contribution is 0.101. The van der Waals surface area contributed by atoms with E-state index in [1.165, 1.54) is 60.7 Å². The molecule has 6 nitrogen and oxygen atoms in total. The number of fused-ring (bicyclic) bond motifs is 1. The van der Waals surface area contributed by atoms with E-state index in [0.29, 0.717) is 0 Å². The van der Waals surface area contributed by atoms with E-state index in [-0.39, 0.29) is 31.7 Å². The Morgan fingerprint density at radius 1 is 0.471 bits per heavy atom. The van der Waals surface area contributed by atoms with Gasteiger partial charge in [-0.15, -0.1) is 0 Å². The topological polar surface area (TPSA) is 102 Å². The van der Waals surface area contributed by atoms with Crippen molar-refractivity contribution in [1.29, 1.82) is 0 Å². The molecule has 8 heteroatoms. The predicted molar refractivity (Wildman–Crippen MR) is 130 cm³/mol. The van der Waals surface area contributed by atoms with Crippen LogP contribution in [0.1, 0.15) is 20.7 Å². The summed E-state index contributed by atoms with van der Waals surface area (Å²) in [5, 5.41) is 0.355. The van der Waals surface area contributed by atoms with Crippen molar-refractivity contribution < 1.29 is 26.4 Å². The number of benzene rings is 4. The second-order valence-electron chi connectivity index (χ2n) is 7.70. The van der Waals surface area contributed by atoms with Gasteiger partial charge in [-0.1, -0.05) is 84.9 Å². The molecule has 0 saturated heterocycles. The van der Waals surface area contributed by atoms with Gasteiger partial charge in [-0.2, -0.15) is 0 Å². The van der Waals surface area contributed by atoms with E-state index in [0.717, 1.165) is 0 Å². The van der Waals surface area contributed by atoms with Crippen LogP contribution in [0.5, 0.6) is 0 Å². The monoisotopic (exact) mass is 492 g/mol. The first-order valence-electron chi connectivity index (χ1n) is 10.3. The van der Waals surface area contributed by atoms with Crippen LogP contribution in [0.25, 0.3) is 10.8 Å². The summed E-state index contributed by atoms with van der Waals surface area (Å²) in [7, 11) is -8.15. The smallest absolute Gasteiger partial charge is 0.186 e. The fourth-order valence-electron chi connectivity index (χ4n) is 3.71. The van der Waals surface area contributed by atoms with E-state index in [2.05, 4.69) is 0 Å². The molecule has 172 valence electrons. The van der Waals surface area contributed by atoms with Crippen molar-refractivity contribution >= 4 is 42.0 Å². The van der Waals surface area contributed by atoms with E-state index >= 15 is 0 Å². The molecule has 0 heterocycles. The third-order valence-electron chi connectivity index (χ3n) is 5.35. The Balaban J connectivity index is 1.72. The maximum Gasteiger partial charge on any atom is 0.186 e. The molecule has 0 fully saturated rings. The van der Waals surface area contributed by atoms with Crippen molar-refractivity contribution in [3.63, 3.8) is 0 Å². The van der Waals surface area contributed by atoms with Crippen LogP contribution in [0.15, 0.2) is 107 Å². The SMILES string of the molecule is O=C(CS(=O)(=O)c1cccc2c(S(=O)(=O)CC(=O)c3ccccc3)cccc12)c1ccccc1. The van der Waals surface area contributed by atoms with E-state index in [4.69, 9.17) is 0 Å². The molecular weight excluding hydrogens is 472 g/mol. The van der Waals surface area contributed by atoms with Gasteiger partial charge in [0, 0.05) is 21.9 Å². The molecule has 4 rings (SSSR count). The average Bonchev–Trinajstić information content (AvgIpc) is 2.83. The highest BCUT2D eigenvalue weighted by molar-refractivity contribution is 7.92. The van der Waals surface area contributed by atoms with Gasteiger partial charge in [0.25, 0.3) is 0 Å². The van der Waals surface area contributed by atoms with Crippen LogP contribution in [0.2, 0.25) is 0 Å². The van der Waals surface area contributed by atoms with Gasteiger partial charge in [-0.3, -0.25) is 9.59 Å². The Kier molecular flexibility index (Phi) is 6.45. The quantitative estimate of drug-likeness (QED) is 0.342. The van der Waals surface area contributed by atoms with Crippen LogP contribution in [-0.2, 0) is 19.7 Å². The first-order chi connectivity index (χ1) is 16.2. The summed E-state index contributed by atoms with van der Waals surface area (Å²) >= 11 is 0. The molecule has 0 aliphatic carbocycles. The molecule has 0 radical (unpaired) electrons. The summed E-state index contributed by atoms with van der Waals surface area (Å²) in [4.78, 5) is 24.8. The molecule has 0 aromatic heterocycles. The largest absolute Gasteiger partial charge is 0.293 e. The van der Waals surface area contributed by atoms with Gasteiger partial charge in [-0.25, -0.2) is 16.8 Å². The van der Waals surface area contributed by atoms with Gasteiger partial charge in [0.05, 0.1) is 9.79 Å². The van der Waals surface area contributed by atoms with Crippen molar-refractivity contribution in [2.24, 2.45) is 0 Å². The molecule has 0 unspecified atom stereocenters. The molecule has 0 spiro atoms. The van der Waals surface area contributed by atoms with E-state index in [1.807, 2.05) is 0 Å². The third-order valence-corrected chi connectivity index (χ3v) is 8.68. The van der Waals surface area contributed by atoms with Gasteiger partial charge in [0.1, 0.15) is 11.5 Å². The van der Waals surface area contributed by atoms with Crippen LogP contribution in [0.3, 0.4) is 0 Å². The highest BCUT2D eigenvalue weighted by Crippen LogP contribution is 2.30. The van der Waals surface area contributed by atoms with E-state index < -0.39 is 42.7 Å². The number of hydrogen-bond donors (Lipinski definition) is 0. The summed E-state index contributed by atoms with van der Waals surface area (Å²) < 4.78 is 52.5. The Morgan fingerprint density at radius 2 is 0.824 bits per heavy atom. The minimum absolute atomic E-state index is 0.138. The van der Waals surface area contributed by atoms with Gasteiger partial charge in [0.2, 0.25) is 0 Å². The molecular formula is C26H20O6S2. The highest BCUT2D eigenvalue weighted by Gasteiger charge is 2.26. The fourth-order valence-corrected chi connectivity index (χ4v) is 6.64. The zero-order chi connectivity index (χ0) is 24.3. The molecule has 0 aliphatic heterocycles. The molecule has 0 amide bonds. The van der Waals surface area contributed by atoms with Gasteiger partial charge in [0.15, 0.2) is 31.2 Å². The Labute approximate surface area is 197 Å². The zero-order valence-electron chi connectivity index (χ0n) is 17.9. The second-order valence-corrected chi connectivity index (χ2v) is 11.6. The normalized spacial score (nSPS) is 11.9. The maximum absolute atomic E-state index is 13.1. The third kappa shape index (κ3) is 4.83. The van der Waals surface area contributed by atoms with Gasteiger partial charge < -0.3 is 0 Å². The minimum atomic E-state index is -4.07. The first-order valence-corrected chi connectivity index (χ1v) is 13.6. The predicted octanol–water partition coefficient (Wildman–Crippen LogP) is 4.15. The van der Waals surface area contributed by atoms with Crippen LogP contribution in [0, 0.1) is 0 Å². The lowest BCUT2D eigenvalue weighted by atomic mass is 10.1. The standard InChI is InChI=1S/C26H20O6S2/c27-23(19-9-3-1-4-10-19)17-33(29,30)25-15-7-14-22-21(25)13-8-16-26(22)34(31,32)18-24(28)20-11-5-2-6-12-20/h1-16H,17-18H2. The summed E-state index contributed by atoms with van der Waals surface area (Å²) in [6.07, 6.45) is 0. The van der Waals surface area contributed by atoms with Crippen LogP contribution < -0.4 is 0 Å². The number of carbonyl (C=O) groups excluding carboxylic acids is 2. The number of ketones is 2. The van der Waals surface area contributed by atoms with Crippen molar-refractivity contribution in [3.8, 4) is 0 Å². The molecule has 34 heavy (non-hydrogen) atoms. The molecule has 0 N–H and O–H groups in total. The molecule has 4 aromatic rings. The van der Waals surface area contributed by atoms with Gasteiger partial charge in [-0.05, 0) is 12.1 Å². The summed E-state index contributed by atoms with van der Waals surface area (Å²) in [5.74, 6) is -2.62. The van der Waals surface area contributed by atoms with E-state index in [1.54, 1.807) is 36.4 Å². The van der Waals surface area contributed by atoms with Crippen LogP contribution in [-0.4, -0.2) is 39.9 Å². The second kappa shape index (κ2) is 9.32. The van der Waals surface area contributed by atoms with E-state index in [9.17, 15) is 26.4 Å². The molecule has 0 atom stereocenters.